The van der Waals surface area contributed by atoms with Crippen LogP contribution < -0.4 is 0 Å². The number of carbonyl (C=O) groups is 2. The van der Waals surface area contributed by atoms with E-state index in [0.717, 1.165) is 28.7 Å². The van der Waals surface area contributed by atoms with Crippen LogP contribution in [0.25, 0.3) is 11.8 Å². The van der Waals surface area contributed by atoms with Crippen molar-refractivity contribution in [1.82, 2.24) is 9.47 Å². The summed E-state index contributed by atoms with van der Waals surface area (Å²) in [4.78, 5) is 26.0. The lowest BCUT2D eigenvalue weighted by atomic mass is 10.1. The first-order valence-corrected chi connectivity index (χ1v) is 9.17. The Balaban J connectivity index is 2.09. The molecule has 130 valence electrons. The summed E-state index contributed by atoms with van der Waals surface area (Å²) in [6.45, 7) is 10.5. The standard InChI is InChI=1S/C20H22N2O2S/c1-6-21-19(23)17(25-20(21)24)11-16-10-14(4)22(15(16)5)18-12(2)8-7-9-13(18)3/h7-11H,6H2,1-5H3/b17-11+. The van der Waals surface area contributed by atoms with Crippen LogP contribution in [-0.4, -0.2) is 27.2 Å². The normalized spacial score (nSPS) is 16.4. The van der Waals surface area contributed by atoms with E-state index in [1.54, 1.807) is 0 Å². The number of imide groups is 1. The molecule has 4 nitrogen and oxygen atoms in total. The number of hydrogen-bond acceptors (Lipinski definition) is 3. The molecule has 1 aliphatic heterocycles. The van der Waals surface area contributed by atoms with E-state index in [9.17, 15) is 9.59 Å². The van der Waals surface area contributed by atoms with E-state index in [2.05, 4.69) is 56.5 Å². The monoisotopic (exact) mass is 354 g/mol. The average Bonchev–Trinajstić information content (AvgIpc) is 2.97. The van der Waals surface area contributed by atoms with Crippen molar-refractivity contribution >= 4 is 29.0 Å². The maximum Gasteiger partial charge on any atom is 0.293 e. The molecule has 5 heteroatoms. The molecule has 1 aromatic carbocycles. The highest BCUT2D eigenvalue weighted by molar-refractivity contribution is 8.18. The number of aromatic nitrogens is 1. The second kappa shape index (κ2) is 6.56. The number of aryl methyl sites for hydroxylation is 3. The third-order valence-electron chi connectivity index (χ3n) is 4.61. The highest BCUT2D eigenvalue weighted by Gasteiger charge is 2.33. The van der Waals surface area contributed by atoms with Gasteiger partial charge in [0.05, 0.1) is 10.6 Å². The number of carbonyl (C=O) groups excluding carboxylic acids is 2. The van der Waals surface area contributed by atoms with Gasteiger partial charge in [0.25, 0.3) is 11.1 Å². The molecule has 0 bridgehead atoms. The molecule has 2 aromatic rings. The smallest absolute Gasteiger partial charge is 0.293 e. The highest BCUT2D eigenvalue weighted by Crippen LogP contribution is 2.34. The fourth-order valence-electron chi connectivity index (χ4n) is 3.35. The maximum atomic E-state index is 12.3. The summed E-state index contributed by atoms with van der Waals surface area (Å²) in [6.07, 6.45) is 1.84. The van der Waals surface area contributed by atoms with Crippen LogP contribution in [0.15, 0.2) is 29.2 Å². The Morgan fingerprint density at radius 2 is 1.72 bits per heavy atom. The zero-order chi connectivity index (χ0) is 18.3. The SMILES string of the molecule is CCN1C(=O)S/C(=C/c2cc(C)n(-c3c(C)cccc3C)c2C)C1=O. The number of hydrogen-bond donors (Lipinski definition) is 0. The quantitative estimate of drug-likeness (QED) is 0.746. The Kier molecular flexibility index (Phi) is 4.60. The molecule has 0 aliphatic carbocycles. The molecule has 2 heterocycles. The van der Waals surface area contributed by atoms with Crippen LogP contribution in [0.2, 0.25) is 0 Å². The van der Waals surface area contributed by atoms with Crippen LogP contribution in [0, 0.1) is 27.7 Å². The zero-order valence-electron chi connectivity index (χ0n) is 15.2. The van der Waals surface area contributed by atoms with Crippen molar-refractivity contribution in [3.63, 3.8) is 0 Å². The first-order valence-electron chi connectivity index (χ1n) is 8.36. The Bertz CT molecular complexity index is 888. The van der Waals surface area contributed by atoms with Gasteiger partial charge in [-0.1, -0.05) is 18.2 Å². The third kappa shape index (κ3) is 2.93. The van der Waals surface area contributed by atoms with E-state index < -0.39 is 0 Å². The van der Waals surface area contributed by atoms with Crippen LogP contribution >= 0.6 is 11.8 Å². The molecule has 3 rings (SSSR count). The molecule has 1 aliphatic rings. The number of rotatable bonds is 3. The molecule has 25 heavy (non-hydrogen) atoms. The third-order valence-corrected chi connectivity index (χ3v) is 5.52. The van der Waals surface area contributed by atoms with E-state index >= 15 is 0 Å². The van der Waals surface area contributed by atoms with Gasteiger partial charge < -0.3 is 4.57 Å². The summed E-state index contributed by atoms with van der Waals surface area (Å²) < 4.78 is 2.22. The lowest BCUT2D eigenvalue weighted by Crippen LogP contribution is -2.27. The maximum absolute atomic E-state index is 12.3. The molecule has 1 aromatic heterocycles. The molecule has 0 unspecified atom stereocenters. The molecular formula is C20H22N2O2S. The number of nitrogens with zero attached hydrogens (tertiary/aromatic N) is 2. The number of thioether (sulfide) groups is 1. The van der Waals surface area contributed by atoms with Crippen LogP contribution in [0.5, 0.6) is 0 Å². The van der Waals surface area contributed by atoms with Crippen molar-refractivity contribution in [3.05, 3.63) is 57.2 Å². The van der Waals surface area contributed by atoms with E-state index in [1.165, 1.54) is 21.7 Å². The van der Waals surface area contributed by atoms with E-state index in [-0.39, 0.29) is 11.1 Å². The Morgan fingerprint density at radius 3 is 2.28 bits per heavy atom. The lowest BCUT2D eigenvalue weighted by molar-refractivity contribution is -0.122. The van der Waals surface area contributed by atoms with Gasteiger partial charge in [0.2, 0.25) is 0 Å². The molecule has 0 spiro atoms. The second-order valence-electron chi connectivity index (χ2n) is 6.33. The summed E-state index contributed by atoms with van der Waals surface area (Å²) in [5, 5.41) is -0.192. The minimum atomic E-state index is -0.200. The van der Waals surface area contributed by atoms with E-state index in [1.807, 2.05) is 13.0 Å². The minimum Gasteiger partial charge on any atom is -0.317 e. The summed E-state index contributed by atoms with van der Waals surface area (Å²) in [6, 6.07) is 8.34. The van der Waals surface area contributed by atoms with Crippen molar-refractivity contribution in [2.75, 3.05) is 6.54 Å². The van der Waals surface area contributed by atoms with Gasteiger partial charge in [0.1, 0.15) is 0 Å². The van der Waals surface area contributed by atoms with Gasteiger partial charge in [-0.25, -0.2) is 0 Å². The van der Waals surface area contributed by atoms with Crippen molar-refractivity contribution in [2.45, 2.75) is 34.6 Å². The largest absolute Gasteiger partial charge is 0.317 e. The Labute approximate surface area is 152 Å². The lowest BCUT2D eigenvalue weighted by Gasteiger charge is -2.15. The molecule has 1 fully saturated rings. The van der Waals surface area contributed by atoms with Gasteiger partial charge in [-0.3, -0.25) is 14.5 Å². The summed E-state index contributed by atoms with van der Waals surface area (Å²) >= 11 is 1.02. The zero-order valence-corrected chi connectivity index (χ0v) is 16.0. The molecule has 0 saturated carbocycles. The van der Waals surface area contributed by atoms with Crippen LogP contribution in [0.1, 0.15) is 35.0 Å². The van der Waals surface area contributed by atoms with Crippen LogP contribution in [-0.2, 0) is 4.79 Å². The van der Waals surface area contributed by atoms with Gasteiger partial charge in [-0.2, -0.15) is 0 Å². The summed E-state index contributed by atoms with van der Waals surface area (Å²) in [7, 11) is 0. The van der Waals surface area contributed by atoms with E-state index in [0.29, 0.717) is 11.4 Å². The van der Waals surface area contributed by atoms with Crippen LogP contribution in [0.4, 0.5) is 4.79 Å². The molecule has 1 saturated heterocycles. The topological polar surface area (TPSA) is 42.3 Å². The number of amides is 2. The average molecular weight is 354 g/mol. The molecule has 0 atom stereocenters. The van der Waals surface area contributed by atoms with Gasteiger partial charge in [-0.15, -0.1) is 0 Å². The van der Waals surface area contributed by atoms with Crippen molar-refractivity contribution in [2.24, 2.45) is 0 Å². The van der Waals surface area contributed by atoms with Crippen LogP contribution in [0.3, 0.4) is 0 Å². The highest BCUT2D eigenvalue weighted by atomic mass is 32.2. The minimum absolute atomic E-state index is 0.192. The first-order chi connectivity index (χ1) is 11.8. The predicted octanol–water partition coefficient (Wildman–Crippen LogP) is 4.77. The van der Waals surface area contributed by atoms with Gasteiger partial charge in [-0.05, 0) is 75.2 Å². The molecule has 0 N–H and O–H groups in total. The molecule has 2 amide bonds. The second-order valence-corrected chi connectivity index (χ2v) is 7.32. The van der Waals surface area contributed by atoms with Gasteiger partial charge in [0, 0.05) is 17.9 Å². The fraction of sp³-hybridized carbons (Fsp3) is 0.300. The number of para-hydroxylation sites is 1. The number of likely N-dealkylation sites (N-methyl/N-ethyl adjacent to an activating group) is 1. The van der Waals surface area contributed by atoms with Gasteiger partial charge in [0.15, 0.2) is 0 Å². The molecular weight excluding hydrogens is 332 g/mol. The Hall–Kier alpha value is -2.27. The summed E-state index contributed by atoms with van der Waals surface area (Å²) in [5.41, 5.74) is 6.74. The van der Waals surface area contributed by atoms with E-state index in [4.69, 9.17) is 0 Å². The Morgan fingerprint density at radius 1 is 1.08 bits per heavy atom. The van der Waals surface area contributed by atoms with Crippen molar-refractivity contribution < 1.29 is 9.59 Å². The van der Waals surface area contributed by atoms with Gasteiger partial charge >= 0.3 is 0 Å². The molecule has 0 radical (unpaired) electrons. The fourth-order valence-corrected chi connectivity index (χ4v) is 4.24. The summed E-state index contributed by atoms with van der Waals surface area (Å²) in [5.74, 6) is -0.200. The predicted molar refractivity (Wildman–Crippen MR) is 103 cm³/mol. The first kappa shape index (κ1) is 17.5. The van der Waals surface area contributed by atoms with Crippen molar-refractivity contribution in [1.29, 1.82) is 0 Å². The van der Waals surface area contributed by atoms with Crippen molar-refractivity contribution in [3.8, 4) is 5.69 Å². The number of benzene rings is 1.